The van der Waals surface area contributed by atoms with E-state index in [0.717, 1.165) is 22.3 Å². The summed E-state index contributed by atoms with van der Waals surface area (Å²) in [5, 5.41) is 26.3. The SMILES string of the molecule is [O-][NH+]1C=C2C(=C[NH+]([O-])C2c2ccc(Cl)cc2)C1c1ccc(Cl)cc1. The first kappa shape index (κ1) is 15.8. The average Bonchev–Trinajstić information content (AvgIpc) is 3.02. The first-order chi connectivity index (χ1) is 11.5. The molecule has 4 nitrogen and oxygen atoms in total. The van der Waals surface area contributed by atoms with E-state index >= 15 is 0 Å². The Morgan fingerprint density at radius 2 is 0.958 bits per heavy atom. The number of hydrogen-bond acceptors (Lipinski definition) is 2. The highest BCUT2D eigenvalue weighted by molar-refractivity contribution is 6.30. The summed E-state index contributed by atoms with van der Waals surface area (Å²) in [6.07, 6.45) is 3.21. The van der Waals surface area contributed by atoms with Crippen LogP contribution in [0.1, 0.15) is 23.2 Å². The molecule has 2 aromatic rings. The van der Waals surface area contributed by atoms with Crippen LogP contribution in [0.4, 0.5) is 0 Å². The zero-order valence-electron chi connectivity index (χ0n) is 12.5. The van der Waals surface area contributed by atoms with Crippen molar-refractivity contribution in [2.45, 2.75) is 12.1 Å². The summed E-state index contributed by atoms with van der Waals surface area (Å²) >= 11 is 11.9. The normalized spacial score (nSPS) is 28.5. The lowest BCUT2D eigenvalue weighted by Gasteiger charge is -2.25. The van der Waals surface area contributed by atoms with Crippen LogP contribution in [-0.4, -0.2) is 0 Å². The van der Waals surface area contributed by atoms with E-state index in [2.05, 4.69) is 0 Å². The lowest BCUT2D eigenvalue weighted by molar-refractivity contribution is -0.831. The predicted octanol–water partition coefficient (Wildman–Crippen LogP) is 2.34. The molecule has 122 valence electrons. The summed E-state index contributed by atoms with van der Waals surface area (Å²) in [7, 11) is 0. The molecule has 0 bridgehead atoms. The van der Waals surface area contributed by atoms with Crippen molar-refractivity contribution in [1.29, 1.82) is 0 Å². The van der Waals surface area contributed by atoms with E-state index in [4.69, 9.17) is 23.2 Å². The number of hydroxylamine groups is 4. The third-order valence-electron chi connectivity index (χ3n) is 4.53. The molecule has 2 aliphatic rings. The molecule has 6 heteroatoms. The molecule has 4 unspecified atom stereocenters. The Balaban J connectivity index is 1.70. The molecule has 0 radical (unpaired) electrons. The maximum absolute atomic E-state index is 12.5. The summed E-state index contributed by atoms with van der Waals surface area (Å²) < 4.78 is 0. The van der Waals surface area contributed by atoms with Crippen molar-refractivity contribution in [2.24, 2.45) is 0 Å². The molecule has 0 saturated heterocycles. The van der Waals surface area contributed by atoms with Crippen LogP contribution in [0.3, 0.4) is 0 Å². The van der Waals surface area contributed by atoms with Gasteiger partial charge in [-0.3, -0.25) is 0 Å². The van der Waals surface area contributed by atoms with Crippen LogP contribution in [0.5, 0.6) is 0 Å². The monoisotopic (exact) mass is 360 g/mol. The number of benzene rings is 2. The summed E-state index contributed by atoms with van der Waals surface area (Å²) in [6.45, 7) is 0. The van der Waals surface area contributed by atoms with E-state index in [0.29, 0.717) is 10.0 Å². The van der Waals surface area contributed by atoms with E-state index < -0.39 is 12.1 Å². The van der Waals surface area contributed by atoms with Crippen molar-refractivity contribution in [2.75, 3.05) is 0 Å². The lowest BCUT2D eigenvalue weighted by Crippen LogP contribution is -3.04. The second-order valence-electron chi connectivity index (χ2n) is 5.97. The second-order valence-corrected chi connectivity index (χ2v) is 6.85. The van der Waals surface area contributed by atoms with Crippen LogP contribution in [0, 0.1) is 10.4 Å². The second kappa shape index (κ2) is 6.01. The zero-order chi connectivity index (χ0) is 16.8. The molecule has 2 aromatic carbocycles. The lowest BCUT2D eigenvalue weighted by atomic mass is 9.93. The molecule has 2 heterocycles. The Morgan fingerprint density at radius 1 is 0.625 bits per heavy atom. The number of quaternary nitrogens is 2. The Bertz CT molecular complexity index is 760. The van der Waals surface area contributed by atoms with Crippen molar-refractivity contribution in [3.8, 4) is 0 Å². The fourth-order valence-corrected chi connectivity index (χ4v) is 3.70. The number of fused-ring (bicyclic) bond motifs is 1. The summed E-state index contributed by atoms with van der Waals surface area (Å²) in [6, 6.07) is 13.5. The van der Waals surface area contributed by atoms with Gasteiger partial charge in [-0.25, -0.2) is 0 Å². The Morgan fingerprint density at radius 3 is 1.29 bits per heavy atom. The van der Waals surface area contributed by atoms with Crippen LogP contribution >= 0.6 is 23.2 Å². The molecular formula is C18H14Cl2N2O2. The highest BCUT2D eigenvalue weighted by Gasteiger charge is 2.44. The fraction of sp³-hybridized carbons (Fsp3) is 0.111. The third kappa shape index (κ3) is 2.58. The first-order valence-electron chi connectivity index (χ1n) is 7.57. The van der Waals surface area contributed by atoms with E-state index in [9.17, 15) is 10.4 Å². The third-order valence-corrected chi connectivity index (χ3v) is 5.03. The highest BCUT2D eigenvalue weighted by Crippen LogP contribution is 2.37. The number of halogens is 2. The molecule has 0 spiro atoms. The van der Waals surface area contributed by atoms with E-state index in [1.54, 1.807) is 36.7 Å². The van der Waals surface area contributed by atoms with Crippen molar-refractivity contribution in [3.05, 3.63) is 104 Å². The van der Waals surface area contributed by atoms with E-state index in [1.807, 2.05) is 24.3 Å². The highest BCUT2D eigenvalue weighted by atomic mass is 35.5. The Hall–Kier alpha value is -1.66. The fourth-order valence-electron chi connectivity index (χ4n) is 3.44. The van der Waals surface area contributed by atoms with Gasteiger partial charge in [0.05, 0.1) is 11.1 Å². The molecule has 24 heavy (non-hydrogen) atoms. The van der Waals surface area contributed by atoms with Gasteiger partial charge in [0.25, 0.3) is 0 Å². The van der Waals surface area contributed by atoms with Crippen molar-refractivity contribution in [3.63, 3.8) is 0 Å². The molecule has 0 amide bonds. The van der Waals surface area contributed by atoms with Gasteiger partial charge in [0.1, 0.15) is 24.5 Å². The van der Waals surface area contributed by atoms with Gasteiger partial charge in [-0.05, 0) is 24.3 Å². The minimum atomic E-state index is -0.418. The van der Waals surface area contributed by atoms with Crippen LogP contribution in [0.25, 0.3) is 0 Å². The van der Waals surface area contributed by atoms with Crippen molar-refractivity contribution >= 4 is 23.2 Å². The van der Waals surface area contributed by atoms with Gasteiger partial charge >= 0.3 is 0 Å². The number of rotatable bonds is 2. The van der Waals surface area contributed by atoms with Crippen molar-refractivity contribution < 1.29 is 10.1 Å². The minimum absolute atomic E-state index is 0.00466. The largest absolute Gasteiger partial charge is 0.629 e. The standard InChI is InChI=1S/C18H14Cl2N2O2/c19-13-5-1-11(2-6-13)17-15-9-22(24)18(16(15)10-21(17)23)12-3-7-14(20)8-4-12/h1-10,17-18,21-22H. The van der Waals surface area contributed by atoms with Crippen LogP contribution in [0.2, 0.25) is 10.0 Å². The maximum Gasteiger partial charge on any atom is 0.149 e. The van der Waals surface area contributed by atoms with Gasteiger partial charge in [0.15, 0.2) is 0 Å². The van der Waals surface area contributed by atoms with Crippen LogP contribution < -0.4 is 10.1 Å². The maximum atomic E-state index is 12.5. The molecule has 4 atom stereocenters. The van der Waals surface area contributed by atoms with Gasteiger partial charge in [-0.1, -0.05) is 47.5 Å². The molecule has 0 fully saturated rings. The topological polar surface area (TPSA) is 55.0 Å². The van der Waals surface area contributed by atoms with Gasteiger partial charge < -0.3 is 20.5 Å². The Kier molecular flexibility index (Phi) is 3.96. The first-order valence-corrected chi connectivity index (χ1v) is 8.32. The molecular weight excluding hydrogens is 347 g/mol. The molecule has 0 saturated carbocycles. The van der Waals surface area contributed by atoms with Crippen molar-refractivity contribution in [1.82, 2.24) is 0 Å². The number of nitrogens with one attached hydrogen (secondary N) is 2. The smallest absolute Gasteiger partial charge is 0.149 e. The zero-order valence-corrected chi connectivity index (χ0v) is 14.0. The molecule has 0 aliphatic carbocycles. The molecule has 2 aliphatic heterocycles. The summed E-state index contributed by atoms with van der Waals surface area (Å²) in [5.41, 5.74) is 3.30. The Labute approximate surface area is 149 Å². The quantitative estimate of drug-likeness (QED) is 0.807. The van der Waals surface area contributed by atoms with Gasteiger partial charge in [-0.15, -0.1) is 0 Å². The van der Waals surface area contributed by atoms with Gasteiger partial charge in [0, 0.05) is 21.2 Å². The average molecular weight is 361 g/mol. The molecule has 0 aromatic heterocycles. The van der Waals surface area contributed by atoms with Gasteiger partial charge in [0.2, 0.25) is 0 Å². The number of hydrogen-bond donors (Lipinski definition) is 2. The van der Waals surface area contributed by atoms with Crippen LogP contribution in [0.15, 0.2) is 72.1 Å². The molecule has 4 rings (SSSR count). The predicted molar refractivity (Wildman–Crippen MR) is 93.2 cm³/mol. The van der Waals surface area contributed by atoms with Crippen LogP contribution in [-0.2, 0) is 0 Å². The van der Waals surface area contributed by atoms with E-state index in [-0.39, 0.29) is 10.1 Å². The van der Waals surface area contributed by atoms with E-state index in [1.165, 1.54) is 0 Å². The summed E-state index contributed by atoms with van der Waals surface area (Å²) in [4.78, 5) is 0. The minimum Gasteiger partial charge on any atom is -0.629 e. The van der Waals surface area contributed by atoms with Gasteiger partial charge in [-0.2, -0.15) is 0 Å². The summed E-state index contributed by atoms with van der Waals surface area (Å²) in [5.74, 6) is 0. The molecule has 2 N–H and O–H groups in total.